The molecule has 0 aromatic rings. The Morgan fingerprint density at radius 1 is 0.846 bits per heavy atom. The lowest BCUT2D eigenvalue weighted by atomic mass is 10.1. The summed E-state index contributed by atoms with van der Waals surface area (Å²) in [5.74, 6) is 0. The van der Waals surface area contributed by atoms with Gasteiger partial charge in [0.2, 0.25) is 0 Å². The second kappa shape index (κ2) is 11.7. The van der Waals surface area contributed by atoms with Crippen molar-refractivity contribution in [2.45, 2.75) is 64.7 Å². The van der Waals surface area contributed by atoms with Crippen LogP contribution in [0.2, 0.25) is 0 Å². The Morgan fingerprint density at radius 3 is 2.15 bits per heavy atom. The molecule has 0 saturated heterocycles. The van der Waals surface area contributed by atoms with E-state index in [1.54, 1.807) is 0 Å². The molecule has 77 valence electrons. The van der Waals surface area contributed by atoms with Gasteiger partial charge in [-0.25, -0.2) is 0 Å². The lowest BCUT2D eigenvalue weighted by molar-refractivity contribution is 0.611. The van der Waals surface area contributed by atoms with E-state index in [1.165, 1.54) is 44.9 Å². The summed E-state index contributed by atoms with van der Waals surface area (Å²) in [5.41, 5.74) is 0. The maximum absolute atomic E-state index is 3.80. The summed E-state index contributed by atoms with van der Waals surface area (Å²) < 4.78 is 0. The zero-order chi connectivity index (χ0) is 9.78. The highest BCUT2D eigenvalue weighted by molar-refractivity contribution is 4.81. The fraction of sp³-hybridized carbons (Fsp3) is 0.769. The highest BCUT2D eigenvalue weighted by Crippen LogP contribution is 2.07. The number of hydrogen-bond donors (Lipinski definition) is 0. The molecule has 0 aliphatic rings. The second-order valence-corrected chi connectivity index (χ2v) is 3.67. The third-order valence-corrected chi connectivity index (χ3v) is 2.26. The van der Waals surface area contributed by atoms with Gasteiger partial charge in [-0.1, -0.05) is 58.1 Å². The van der Waals surface area contributed by atoms with Gasteiger partial charge in [-0.3, -0.25) is 0 Å². The van der Waals surface area contributed by atoms with Gasteiger partial charge in [-0.15, -0.1) is 0 Å². The Morgan fingerprint density at radius 2 is 1.46 bits per heavy atom. The summed E-state index contributed by atoms with van der Waals surface area (Å²) >= 11 is 0. The fourth-order valence-corrected chi connectivity index (χ4v) is 1.40. The molecule has 0 amide bonds. The van der Waals surface area contributed by atoms with E-state index in [1.807, 2.05) is 0 Å². The average molecular weight is 181 g/mol. The smallest absolute Gasteiger partial charge is 0.0351 e. The molecular formula is C13H25. The van der Waals surface area contributed by atoms with Crippen molar-refractivity contribution in [1.29, 1.82) is 0 Å². The van der Waals surface area contributed by atoms with Crippen LogP contribution >= 0.6 is 0 Å². The molecular weight excluding hydrogens is 156 g/mol. The van der Waals surface area contributed by atoms with E-state index in [-0.39, 0.29) is 0 Å². The Labute approximate surface area is 84.4 Å². The molecule has 0 unspecified atom stereocenters. The van der Waals surface area contributed by atoms with Crippen molar-refractivity contribution in [2.24, 2.45) is 0 Å². The molecule has 0 nitrogen and oxygen atoms in total. The first-order valence-corrected chi connectivity index (χ1v) is 5.86. The van der Waals surface area contributed by atoms with Gasteiger partial charge in [0.05, 0.1) is 0 Å². The minimum absolute atomic E-state index is 1.03. The molecule has 0 saturated carbocycles. The quantitative estimate of drug-likeness (QED) is 0.350. The number of hydrogen-bond acceptors (Lipinski definition) is 0. The van der Waals surface area contributed by atoms with E-state index in [0.717, 1.165) is 12.8 Å². The van der Waals surface area contributed by atoms with Crippen molar-refractivity contribution in [3.05, 3.63) is 19.1 Å². The normalized spacial score (nSPS) is 11.2. The van der Waals surface area contributed by atoms with Gasteiger partial charge in [-0.05, 0) is 25.7 Å². The highest BCUT2D eigenvalue weighted by atomic mass is 13.9. The molecule has 13 heavy (non-hydrogen) atoms. The summed E-state index contributed by atoms with van der Waals surface area (Å²) in [6, 6.07) is 0. The molecule has 0 heterocycles. The summed E-state index contributed by atoms with van der Waals surface area (Å²) in [6.07, 6.45) is 16.4. The van der Waals surface area contributed by atoms with Gasteiger partial charge in [0.25, 0.3) is 0 Å². The van der Waals surface area contributed by atoms with Crippen LogP contribution in [0, 0.1) is 6.92 Å². The summed E-state index contributed by atoms with van der Waals surface area (Å²) in [7, 11) is 0. The molecule has 0 N–H and O–H groups in total. The molecule has 0 aromatic carbocycles. The largest absolute Gasteiger partial charge is 0.0885 e. The van der Waals surface area contributed by atoms with E-state index in [9.17, 15) is 0 Å². The first-order valence-electron chi connectivity index (χ1n) is 5.86. The molecule has 0 heteroatoms. The minimum atomic E-state index is 1.03. The van der Waals surface area contributed by atoms with Crippen LogP contribution in [0.1, 0.15) is 64.7 Å². The van der Waals surface area contributed by atoms with E-state index in [2.05, 4.69) is 26.0 Å². The molecule has 0 fully saturated rings. The van der Waals surface area contributed by atoms with Crippen LogP contribution in [0.25, 0.3) is 0 Å². The number of allylic oxidation sites excluding steroid dienone is 2. The molecule has 0 atom stereocenters. The molecule has 0 aliphatic heterocycles. The van der Waals surface area contributed by atoms with Crippen LogP contribution in [0.15, 0.2) is 12.2 Å². The van der Waals surface area contributed by atoms with Gasteiger partial charge in [-0.2, -0.15) is 0 Å². The minimum Gasteiger partial charge on any atom is -0.0885 e. The lowest BCUT2D eigenvalue weighted by Crippen LogP contribution is -1.77. The SMILES string of the molecule is [CH2]CC/C=C\CCCCCCCC. The van der Waals surface area contributed by atoms with Gasteiger partial charge in [0.1, 0.15) is 0 Å². The van der Waals surface area contributed by atoms with Crippen molar-refractivity contribution in [2.75, 3.05) is 0 Å². The van der Waals surface area contributed by atoms with Gasteiger partial charge < -0.3 is 0 Å². The second-order valence-electron chi connectivity index (χ2n) is 3.67. The monoisotopic (exact) mass is 181 g/mol. The zero-order valence-corrected chi connectivity index (χ0v) is 9.23. The van der Waals surface area contributed by atoms with E-state index < -0.39 is 0 Å². The molecule has 0 aromatic heterocycles. The summed E-state index contributed by atoms with van der Waals surface area (Å²) in [6.45, 7) is 6.07. The molecule has 1 radical (unpaired) electrons. The standard InChI is InChI=1S/C13H25/c1-3-5-7-9-11-13-12-10-8-6-4-2/h7,9H,1,3-6,8,10-13H2,2H3/b9-7-. The van der Waals surface area contributed by atoms with Crippen LogP contribution in [-0.2, 0) is 0 Å². The predicted octanol–water partition coefficient (Wildman–Crippen LogP) is 4.91. The highest BCUT2D eigenvalue weighted by Gasteiger charge is 1.87. The van der Waals surface area contributed by atoms with Gasteiger partial charge >= 0.3 is 0 Å². The Hall–Kier alpha value is -0.260. The van der Waals surface area contributed by atoms with Crippen molar-refractivity contribution < 1.29 is 0 Å². The topological polar surface area (TPSA) is 0 Å². The number of unbranched alkanes of at least 4 members (excludes halogenated alkanes) is 7. The Bertz CT molecular complexity index is 103. The van der Waals surface area contributed by atoms with Crippen LogP contribution in [0.5, 0.6) is 0 Å². The van der Waals surface area contributed by atoms with E-state index in [0.29, 0.717) is 0 Å². The van der Waals surface area contributed by atoms with Crippen molar-refractivity contribution >= 4 is 0 Å². The van der Waals surface area contributed by atoms with E-state index >= 15 is 0 Å². The first-order chi connectivity index (χ1) is 6.41. The number of rotatable bonds is 9. The lowest BCUT2D eigenvalue weighted by Gasteiger charge is -1.97. The van der Waals surface area contributed by atoms with Gasteiger partial charge in [0, 0.05) is 0 Å². The summed E-state index contributed by atoms with van der Waals surface area (Å²) in [4.78, 5) is 0. The molecule has 0 aliphatic carbocycles. The van der Waals surface area contributed by atoms with Crippen molar-refractivity contribution in [3.8, 4) is 0 Å². The summed E-state index contributed by atoms with van der Waals surface area (Å²) in [5, 5.41) is 0. The molecule has 0 rings (SSSR count). The predicted molar refractivity (Wildman–Crippen MR) is 61.7 cm³/mol. The van der Waals surface area contributed by atoms with Crippen LogP contribution in [-0.4, -0.2) is 0 Å². The molecule has 0 bridgehead atoms. The van der Waals surface area contributed by atoms with E-state index in [4.69, 9.17) is 0 Å². The Balaban J connectivity index is 2.91. The van der Waals surface area contributed by atoms with Crippen LogP contribution < -0.4 is 0 Å². The first kappa shape index (κ1) is 12.7. The van der Waals surface area contributed by atoms with Gasteiger partial charge in [0.15, 0.2) is 0 Å². The van der Waals surface area contributed by atoms with Crippen LogP contribution in [0.3, 0.4) is 0 Å². The van der Waals surface area contributed by atoms with Crippen molar-refractivity contribution in [3.63, 3.8) is 0 Å². The zero-order valence-electron chi connectivity index (χ0n) is 9.23. The maximum Gasteiger partial charge on any atom is -0.0351 e. The Kier molecular flexibility index (Phi) is 11.5. The third-order valence-electron chi connectivity index (χ3n) is 2.26. The molecule has 0 spiro atoms. The van der Waals surface area contributed by atoms with Crippen molar-refractivity contribution in [1.82, 2.24) is 0 Å². The van der Waals surface area contributed by atoms with Crippen LogP contribution in [0.4, 0.5) is 0 Å². The third kappa shape index (κ3) is 11.7. The fourth-order valence-electron chi connectivity index (χ4n) is 1.40. The average Bonchev–Trinajstić information content (AvgIpc) is 2.16. The maximum atomic E-state index is 3.80.